The van der Waals surface area contributed by atoms with E-state index >= 15 is 0 Å². The summed E-state index contributed by atoms with van der Waals surface area (Å²) in [6.07, 6.45) is 5.26. The Morgan fingerprint density at radius 1 is 1.24 bits per heavy atom. The minimum atomic E-state index is 0.118. The lowest BCUT2D eigenvalue weighted by atomic mass is 9.76. The van der Waals surface area contributed by atoms with Crippen LogP contribution in [0.2, 0.25) is 0 Å². The lowest BCUT2D eigenvalue weighted by Gasteiger charge is -2.34. The van der Waals surface area contributed by atoms with Crippen molar-refractivity contribution in [1.82, 2.24) is 4.90 Å². The number of hydrogen-bond acceptors (Lipinski definition) is 2. The predicted octanol–water partition coefficient (Wildman–Crippen LogP) is 2.39. The van der Waals surface area contributed by atoms with Crippen molar-refractivity contribution in [2.24, 2.45) is 11.7 Å². The van der Waals surface area contributed by atoms with E-state index < -0.39 is 0 Å². The molecule has 92 valence electrons. The molecule has 1 aliphatic carbocycles. The van der Waals surface area contributed by atoms with Gasteiger partial charge in [-0.05, 0) is 24.3 Å². The van der Waals surface area contributed by atoms with Crippen LogP contribution in [0.5, 0.6) is 0 Å². The van der Waals surface area contributed by atoms with E-state index in [1.165, 1.54) is 37.8 Å². The molecular weight excluding hydrogens is 208 g/mol. The normalized spacial score (nSPS) is 33.6. The molecule has 1 saturated carbocycles. The van der Waals surface area contributed by atoms with Crippen LogP contribution in [0.4, 0.5) is 0 Å². The molecule has 1 heterocycles. The van der Waals surface area contributed by atoms with E-state index in [1.54, 1.807) is 0 Å². The number of hydrogen-bond donors (Lipinski definition) is 1. The third kappa shape index (κ3) is 2.24. The molecule has 0 spiro atoms. The van der Waals surface area contributed by atoms with Crippen LogP contribution < -0.4 is 5.73 Å². The van der Waals surface area contributed by atoms with Crippen LogP contribution in [0.25, 0.3) is 0 Å². The fourth-order valence-corrected chi connectivity index (χ4v) is 3.57. The van der Waals surface area contributed by atoms with Crippen LogP contribution in [0.3, 0.4) is 0 Å². The van der Waals surface area contributed by atoms with Gasteiger partial charge in [0.15, 0.2) is 0 Å². The third-order valence-corrected chi connectivity index (χ3v) is 4.50. The lowest BCUT2D eigenvalue weighted by molar-refractivity contribution is 0.245. The van der Waals surface area contributed by atoms with Crippen molar-refractivity contribution in [3.63, 3.8) is 0 Å². The molecule has 0 bridgehead atoms. The third-order valence-electron chi connectivity index (χ3n) is 4.50. The van der Waals surface area contributed by atoms with Crippen molar-refractivity contribution in [2.45, 2.75) is 37.8 Å². The number of nitrogens with two attached hydrogens (primary N) is 1. The first kappa shape index (κ1) is 11.2. The van der Waals surface area contributed by atoms with Gasteiger partial charge < -0.3 is 5.73 Å². The van der Waals surface area contributed by atoms with E-state index in [0.29, 0.717) is 0 Å². The quantitative estimate of drug-likeness (QED) is 0.845. The van der Waals surface area contributed by atoms with Gasteiger partial charge in [0, 0.05) is 25.2 Å². The molecule has 0 aromatic heterocycles. The zero-order valence-corrected chi connectivity index (χ0v) is 10.4. The summed E-state index contributed by atoms with van der Waals surface area (Å²) >= 11 is 0. The van der Waals surface area contributed by atoms with Crippen LogP contribution in [0, 0.1) is 5.92 Å². The molecule has 2 aliphatic rings. The van der Waals surface area contributed by atoms with Crippen molar-refractivity contribution in [3.8, 4) is 0 Å². The summed E-state index contributed by atoms with van der Waals surface area (Å²) < 4.78 is 0. The maximum absolute atomic E-state index is 6.57. The van der Waals surface area contributed by atoms with E-state index in [9.17, 15) is 0 Å². The predicted molar refractivity (Wildman–Crippen MR) is 70.6 cm³/mol. The molecule has 1 aromatic rings. The van der Waals surface area contributed by atoms with Crippen molar-refractivity contribution in [3.05, 3.63) is 35.9 Å². The first-order valence-corrected chi connectivity index (χ1v) is 6.81. The molecular formula is C15H22N2. The molecule has 0 radical (unpaired) electrons. The Kier molecular flexibility index (Phi) is 2.93. The minimum Gasteiger partial charge on any atom is -0.324 e. The van der Waals surface area contributed by atoms with Gasteiger partial charge in [-0.25, -0.2) is 0 Å². The second-order valence-electron chi connectivity index (χ2n) is 5.83. The number of nitrogens with zero attached hydrogens (tertiary/aromatic N) is 1. The molecule has 0 amide bonds. The fourth-order valence-electron chi connectivity index (χ4n) is 3.57. The second kappa shape index (κ2) is 4.43. The summed E-state index contributed by atoms with van der Waals surface area (Å²) in [5, 5.41) is 0. The Balaban J connectivity index is 1.67. The summed E-state index contributed by atoms with van der Waals surface area (Å²) in [4.78, 5) is 2.55. The van der Waals surface area contributed by atoms with Crippen molar-refractivity contribution in [2.75, 3.05) is 13.1 Å². The van der Waals surface area contributed by atoms with E-state index in [2.05, 4.69) is 35.2 Å². The SMILES string of the molecule is N[C@@]12CCCC[C@H]1CN(Cc1ccccc1)C2. The molecule has 2 atom stereocenters. The summed E-state index contributed by atoms with van der Waals surface area (Å²) in [5.74, 6) is 0.736. The van der Waals surface area contributed by atoms with Crippen LogP contribution in [0.15, 0.2) is 30.3 Å². The molecule has 2 N–H and O–H groups in total. The van der Waals surface area contributed by atoms with E-state index in [4.69, 9.17) is 5.73 Å². The Labute approximate surface area is 104 Å². The Hall–Kier alpha value is -0.860. The average Bonchev–Trinajstić information content (AvgIpc) is 2.66. The van der Waals surface area contributed by atoms with Crippen molar-refractivity contribution in [1.29, 1.82) is 0 Å². The zero-order valence-electron chi connectivity index (χ0n) is 10.4. The number of likely N-dealkylation sites (tertiary alicyclic amines) is 1. The summed E-state index contributed by atoms with van der Waals surface area (Å²) in [6, 6.07) is 10.8. The first-order chi connectivity index (χ1) is 8.26. The topological polar surface area (TPSA) is 29.3 Å². The van der Waals surface area contributed by atoms with E-state index in [0.717, 1.165) is 19.0 Å². The van der Waals surface area contributed by atoms with Gasteiger partial charge in [-0.1, -0.05) is 43.2 Å². The zero-order chi connectivity index (χ0) is 11.7. The largest absolute Gasteiger partial charge is 0.324 e. The summed E-state index contributed by atoms with van der Waals surface area (Å²) in [6.45, 7) is 3.36. The van der Waals surface area contributed by atoms with Crippen LogP contribution in [-0.4, -0.2) is 23.5 Å². The van der Waals surface area contributed by atoms with Crippen molar-refractivity contribution < 1.29 is 0 Å². The van der Waals surface area contributed by atoms with Gasteiger partial charge in [0.1, 0.15) is 0 Å². The smallest absolute Gasteiger partial charge is 0.0324 e. The van der Waals surface area contributed by atoms with Gasteiger partial charge in [0.05, 0.1) is 0 Å². The van der Waals surface area contributed by atoms with Gasteiger partial charge in [0.2, 0.25) is 0 Å². The molecule has 0 unspecified atom stereocenters. The molecule has 1 aliphatic heterocycles. The number of benzene rings is 1. The number of fused-ring (bicyclic) bond motifs is 1. The Bertz CT molecular complexity index is 376. The maximum Gasteiger partial charge on any atom is 0.0324 e. The summed E-state index contributed by atoms with van der Waals surface area (Å²) in [7, 11) is 0. The lowest BCUT2D eigenvalue weighted by Crippen LogP contribution is -2.49. The van der Waals surface area contributed by atoms with Gasteiger partial charge >= 0.3 is 0 Å². The maximum atomic E-state index is 6.57. The van der Waals surface area contributed by atoms with Gasteiger partial charge in [0.25, 0.3) is 0 Å². The Morgan fingerprint density at radius 3 is 2.82 bits per heavy atom. The average molecular weight is 230 g/mol. The minimum absolute atomic E-state index is 0.118. The standard InChI is InChI=1S/C15H22N2/c16-15-9-5-4-8-14(15)11-17(12-15)10-13-6-2-1-3-7-13/h1-3,6-7,14H,4-5,8-12,16H2/t14-,15+/m0/s1. The van der Waals surface area contributed by atoms with Crippen LogP contribution >= 0.6 is 0 Å². The number of rotatable bonds is 2. The monoisotopic (exact) mass is 230 g/mol. The first-order valence-electron chi connectivity index (χ1n) is 6.81. The van der Waals surface area contributed by atoms with E-state index in [-0.39, 0.29) is 5.54 Å². The molecule has 1 aromatic carbocycles. The van der Waals surface area contributed by atoms with Crippen LogP contribution in [-0.2, 0) is 6.54 Å². The fraction of sp³-hybridized carbons (Fsp3) is 0.600. The van der Waals surface area contributed by atoms with E-state index in [1.807, 2.05) is 0 Å². The highest BCUT2D eigenvalue weighted by molar-refractivity contribution is 5.15. The van der Waals surface area contributed by atoms with Gasteiger partial charge in [-0.15, -0.1) is 0 Å². The highest BCUT2D eigenvalue weighted by Crippen LogP contribution is 2.38. The molecule has 17 heavy (non-hydrogen) atoms. The van der Waals surface area contributed by atoms with Crippen LogP contribution in [0.1, 0.15) is 31.2 Å². The van der Waals surface area contributed by atoms with Crippen molar-refractivity contribution >= 4 is 0 Å². The highest BCUT2D eigenvalue weighted by atomic mass is 15.2. The second-order valence-corrected chi connectivity index (χ2v) is 5.83. The Morgan fingerprint density at radius 2 is 2.06 bits per heavy atom. The molecule has 2 fully saturated rings. The molecule has 2 heteroatoms. The summed E-state index contributed by atoms with van der Waals surface area (Å²) in [5.41, 5.74) is 8.10. The molecule has 1 saturated heterocycles. The van der Waals surface area contributed by atoms with Gasteiger partial charge in [-0.2, -0.15) is 0 Å². The molecule has 3 rings (SSSR count). The molecule has 2 nitrogen and oxygen atoms in total. The highest BCUT2D eigenvalue weighted by Gasteiger charge is 2.44. The van der Waals surface area contributed by atoms with Gasteiger partial charge in [-0.3, -0.25) is 4.90 Å².